The fourth-order valence-corrected chi connectivity index (χ4v) is 2.31. The Kier molecular flexibility index (Phi) is 3.87. The third kappa shape index (κ3) is 3.11. The van der Waals surface area contributed by atoms with Crippen LogP contribution < -0.4 is 10.5 Å². The monoisotopic (exact) mass is 237 g/mol. The van der Waals surface area contributed by atoms with Crippen molar-refractivity contribution in [3.63, 3.8) is 0 Å². The molecule has 0 heterocycles. The van der Waals surface area contributed by atoms with Crippen LogP contribution in [0.3, 0.4) is 0 Å². The van der Waals surface area contributed by atoms with Crippen LogP contribution in [-0.4, -0.2) is 6.10 Å². The maximum absolute atomic E-state index is 13.3. The number of halogens is 1. The summed E-state index contributed by atoms with van der Waals surface area (Å²) in [6.07, 6.45) is 7.40. The van der Waals surface area contributed by atoms with Gasteiger partial charge in [-0.2, -0.15) is 0 Å². The van der Waals surface area contributed by atoms with Gasteiger partial charge < -0.3 is 10.5 Å². The number of anilines is 1. The van der Waals surface area contributed by atoms with Crippen LogP contribution in [0.25, 0.3) is 0 Å². The molecule has 0 aromatic heterocycles. The maximum atomic E-state index is 13.3. The highest BCUT2D eigenvalue weighted by Gasteiger charge is 2.15. The Morgan fingerprint density at radius 1 is 1.18 bits per heavy atom. The molecule has 3 heteroatoms. The first kappa shape index (κ1) is 12.2. The van der Waals surface area contributed by atoms with E-state index >= 15 is 0 Å². The highest BCUT2D eigenvalue weighted by Crippen LogP contribution is 2.29. The SMILES string of the molecule is Cc1cc(OC2CCCCCC2)c(N)cc1F. The fourth-order valence-electron chi connectivity index (χ4n) is 2.31. The number of nitrogens with two attached hydrogens (primary N) is 1. The quantitative estimate of drug-likeness (QED) is 0.627. The molecule has 2 N–H and O–H groups in total. The van der Waals surface area contributed by atoms with Crippen molar-refractivity contribution in [2.75, 3.05) is 5.73 Å². The van der Waals surface area contributed by atoms with E-state index in [0.717, 1.165) is 12.8 Å². The molecule has 1 saturated carbocycles. The van der Waals surface area contributed by atoms with E-state index in [1.807, 2.05) is 0 Å². The van der Waals surface area contributed by atoms with Crippen LogP contribution >= 0.6 is 0 Å². The van der Waals surface area contributed by atoms with E-state index in [9.17, 15) is 4.39 Å². The largest absolute Gasteiger partial charge is 0.488 e. The van der Waals surface area contributed by atoms with Crippen molar-refractivity contribution < 1.29 is 9.13 Å². The molecule has 1 aliphatic rings. The van der Waals surface area contributed by atoms with Gasteiger partial charge in [0.1, 0.15) is 11.6 Å². The molecular formula is C14H20FNO. The van der Waals surface area contributed by atoms with E-state index < -0.39 is 0 Å². The van der Waals surface area contributed by atoms with Gasteiger partial charge in [-0.3, -0.25) is 0 Å². The van der Waals surface area contributed by atoms with Crippen molar-refractivity contribution in [1.29, 1.82) is 0 Å². The topological polar surface area (TPSA) is 35.2 Å². The van der Waals surface area contributed by atoms with E-state index in [4.69, 9.17) is 10.5 Å². The third-order valence-electron chi connectivity index (χ3n) is 3.39. The summed E-state index contributed by atoms with van der Waals surface area (Å²) in [5, 5.41) is 0. The summed E-state index contributed by atoms with van der Waals surface area (Å²) in [4.78, 5) is 0. The second-order valence-electron chi connectivity index (χ2n) is 4.87. The molecule has 1 aromatic rings. The van der Waals surface area contributed by atoms with Gasteiger partial charge in [0.15, 0.2) is 0 Å². The molecule has 2 nitrogen and oxygen atoms in total. The molecule has 0 radical (unpaired) electrons. The first-order chi connectivity index (χ1) is 8.16. The van der Waals surface area contributed by atoms with Crippen LogP contribution in [-0.2, 0) is 0 Å². The van der Waals surface area contributed by atoms with E-state index in [1.165, 1.54) is 31.7 Å². The number of nitrogen functional groups attached to an aromatic ring is 1. The average molecular weight is 237 g/mol. The van der Waals surface area contributed by atoms with E-state index in [-0.39, 0.29) is 11.9 Å². The fraction of sp³-hybridized carbons (Fsp3) is 0.571. The summed E-state index contributed by atoms with van der Waals surface area (Å²) in [5.74, 6) is 0.367. The lowest BCUT2D eigenvalue weighted by molar-refractivity contribution is 0.184. The molecule has 2 rings (SSSR count). The van der Waals surface area contributed by atoms with E-state index in [2.05, 4.69) is 0 Å². The van der Waals surface area contributed by atoms with Crippen LogP contribution in [0.2, 0.25) is 0 Å². The zero-order chi connectivity index (χ0) is 12.3. The molecule has 0 unspecified atom stereocenters. The summed E-state index contributed by atoms with van der Waals surface area (Å²) in [6, 6.07) is 3.05. The second-order valence-corrected chi connectivity index (χ2v) is 4.87. The minimum atomic E-state index is -0.268. The Hall–Kier alpha value is -1.25. The van der Waals surface area contributed by atoms with Crippen molar-refractivity contribution >= 4 is 5.69 Å². The first-order valence-corrected chi connectivity index (χ1v) is 6.39. The molecule has 1 aromatic carbocycles. The Labute approximate surface area is 102 Å². The molecule has 0 atom stereocenters. The standard InChI is InChI=1S/C14H20FNO/c1-10-8-14(13(16)9-12(10)15)17-11-6-4-2-3-5-7-11/h8-9,11H,2-7,16H2,1H3. The van der Waals surface area contributed by atoms with Crippen molar-refractivity contribution in [1.82, 2.24) is 0 Å². The Balaban J connectivity index is 2.09. The highest BCUT2D eigenvalue weighted by atomic mass is 19.1. The number of ether oxygens (including phenoxy) is 1. The van der Waals surface area contributed by atoms with Crippen LogP contribution in [0, 0.1) is 12.7 Å². The molecule has 1 aliphatic carbocycles. The van der Waals surface area contributed by atoms with Gasteiger partial charge >= 0.3 is 0 Å². The summed E-state index contributed by atoms with van der Waals surface area (Å²) in [5.41, 5.74) is 6.77. The Morgan fingerprint density at radius 2 is 1.82 bits per heavy atom. The lowest BCUT2D eigenvalue weighted by atomic mass is 10.1. The minimum absolute atomic E-state index is 0.240. The smallest absolute Gasteiger partial charge is 0.143 e. The summed E-state index contributed by atoms with van der Waals surface area (Å²) in [6.45, 7) is 1.73. The zero-order valence-corrected chi connectivity index (χ0v) is 10.3. The van der Waals surface area contributed by atoms with Crippen molar-refractivity contribution in [2.45, 2.75) is 51.6 Å². The predicted octanol–water partition coefficient (Wildman–Crippen LogP) is 3.82. The van der Waals surface area contributed by atoms with Crippen LogP contribution in [0.4, 0.5) is 10.1 Å². The zero-order valence-electron chi connectivity index (χ0n) is 10.3. The lowest BCUT2D eigenvalue weighted by Gasteiger charge is -2.18. The highest BCUT2D eigenvalue weighted by molar-refractivity contribution is 5.54. The second kappa shape index (κ2) is 5.39. The molecule has 0 spiro atoms. The minimum Gasteiger partial charge on any atom is -0.488 e. The molecule has 0 bridgehead atoms. The van der Waals surface area contributed by atoms with Gasteiger partial charge in [-0.15, -0.1) is 0 Å². The van der Waals surface area contributed by atoms with E-state index in [1.54, 1.807) is 13.0 Å². The van der Waals surface area contributed by atoms with Crippen LogP contribution in [0.5, 0.6) is 5.75 Å². The van der Waals surface area contributed by atoms with Crippen molar-refractivity contribution in [3.05, 3.63) is 23.5 Å². The lowest BCUT2D eigenvalue weighted by Crippen LogP contribution is -2.16. The van der Waals surface area contributed by atoms with Gasteiger partial charge in [0.25, 0.3) is 0 Å². The van der Waals surface area contributed by atoms with E-state index in [0.29, 0.717) is 17.0 Å². The van der Waals surface area contributed by atoms with Gasteiger partial charge in [0, 0.05) is 6.07 Å². The van der Waals surface area contributed by atoms with Gasteiger partial charge in [-0.05, 0) is 44.2 Å². The number of benzene rings is 1. The molecule has 0 aliphatic heterocycles. The first-order valence-electron chi connectivity index (χ1n) is 6.39. The van der Waals surface area contributed by atoms with Gasteiger partial charge in [-0.25, -0.2) is 4.39 Å². The summed E-state index contributed by atoms with van der Waals surface area (Å²) >= 11 is 0. The molecule has 17 heavy (non-hydrogen) atoms. The molecule has 0 amide bonds. The average Bonchev–Trinajstić information content (AvgIpc) is 2.54. The van der Waals surface area contributed by atoms with Crippen LogP contribution in [0.1, 0.15) is 44.1 Å². The Morgan fingerprint density at radius 3 is 2.47 bits per heavy atom. The number of aryl methyl sites for hydroxylation is 1. The molecule has 0 saturated heterocycles. The molecule has 94 valence electrons. The summed E-state index contributed by atoms with van der Waals surface area (Å²) in [7, 11) is 0. The predicted molar refractivity (Wildman–Crippen MR) is 67.7 cm³/mol. The van der Waals surface area contributed by atoms with Gasteiger partial charge in [0.05, 0.1) is 11.8 Å². The van der Waals surface area contributed by atoms with Gasteiger partial charge in [-0.1, -0.05) is 12.8 Å². The maximum Gasteiger partial charge on any atom is 0.143 e. The van der Waals surface area contributed by atoms with Crippen LogP contribution in [0.15, 0.2) is 12.1 Å². The van der Waals surface area contributed by atoms with Crippen molar-refractivity contribution in [2.24, 2.45) is 0 Å². The Bertz CT molecular complexity index is 384. The number of rotatable bonds is 2. The number of hydrogen-bond donors (Lipinski definition) is 1. The molecule has 1 fully saturated rings. The number of hydrogen-bond acceptors (Lipinski definition) is 2. The van der Waals surface area contributed by atoms with Gasteiger partial charge in [0.2, 0.25) is 0 Å². The summed E-state index contributed by atoms with van der Waals surface area (Å²) < 4.78 is 19.2. The van der Waals surface area contributed by atoms with Crippen molar-refractivity contribution in [3.8, 4) is 5.75 Å². The third-order valence-corrected chi connectivity index (χ3v) is 3.39. The molecular weight excluding hydrogens is 217 g/mol. The normalized spacial score (nSPS) is 17.8.